The average Bonchev–Trinajstić information content (AvgIpc) is 3.35. The maximum Gasteiger partial charge on any atom is 0.305 e. The zero-order valence-corrected chi connectivity index (χ0v) is 46.3. The Hall–Kier alpha value is -1.92. The smallest absolute Gasteiger partial charge is 0.305 e. The Bertz CT molecular complexity index is 1120. The summed E-state index contributed by atoms with van der Waals surface area (Å²) in [5.74, 6) is -0.0879. The van der Waals surface area contributed by atoms with Gasteiger partial charge < -0.3 is 20.3 Å². The zero-order chi connectivity index (χ0) is 50.0. The van der Waals surface area contributed by atoms with E-state index in [9.17, 15) is 19.8 Å². The van der Waals surface area contributed by atoms with Crippen molar-refractivity contribution in [1.82, 2.24) is 5.32 Å². The Labute approximate surface area is 430 Å². The number of rotatable bonds is 57. The molecule has 2 atom stereocenters. The molecule has 0 fully saturated rings. The van der Waals surface area contributed by atoms with E-state index in [0.29, 0.717) is 19.4 Å². The molecule has 0 saturated heterocycles. The number of hydrogen-bond acceptors (Lipinski definition) is 5. The van der Waals surface area contributed by atoms with Crippen molar-refractivity contribution in [3.8, 4) is 0 Å². The van der Waals surface area contributed by atoms with Gasteiger partial charge in [-0.2, -0.15) is 0 Å². The van der Waals surface area contributed by atoms with E-state index in [1.54, 1.807) is 6.08 Å². The van der Waals surface area contributed by atoms with E-state index in [0.717, 1.165) is 64.2 Å². The molecule has 0 radical (unpaired) electrons. The first kappa shape index (κ1) is 67.1. The number of esters is 1. The SMILES string of the molecule is CCCCC/C=C\CCCCCCCC(=O)OCCCCCCCCCCC/C=C\CCCCCCCC(=O)NC(CO)C(O)/C=C/CCCCCCCCCCCCCCCCCCCCCC. The van der Waals surface area contributed by atoms with Crippen LogP contribution < -0.4 is 5.32 Å². The predicted molar refractivity (Wildman–Crippen MR) is 301 cm³/mol. The first-order chi connectivity index (χ1) is 34.0. The van der Waals surface area contributed by atoms with Gasteiger partial charge in [0.15, 0.2) is 0 Å². The molecule has 0 saturated carbocycles. The van der Waals surface area contributed by atoms with Crippen molar-refractivity contribution in [2.24, 2.45) is 0 Å². The van der Waals surface area contributed by atoms with Crippen molar-refractivity contribution in [2.45, 2.75) is 341 Å². The van der Waals surface area contributed by atoms with Gasteiger partial charge >= 0.3 is 5.97 Å². The molecule has 0 spiro atoms. The van der Waals surface area contributed by atoms with Crippen molar-refractivity contribution >= 4 is 11.9 Å². The molecule has 0 bridgehead atoms. The molecular weight excluding hydrogens is 851 g/mol. The monoisotopic (exact) mass is 970 g/mol. The first-order valence-corrected chi connectivity index (χ1v) is 30.8. The lowest BCUT2D eigenvalue weighted by atomic mass is 10.0. The topological polar surface area (TPSA) is 95.9 Å². The van der Waals surface area contributed by atoms with Crippen LogP contribution in [0, 0.1) is 0 Å². The summed E-state index contributed by atoms with van der Waals surface area (Å²) < 4.78 is 5.46. The molecule has 0 aliphatic rings. The molecule has 0 aliphatic carbocycles. The van der Waals surface area contributed by atoms with E-state index >= 15 is 0 Å². The normalized spacial score (nSPS) is 12.8. The molecule has 0 aromatic heterocycles. The lowest BCUT2D eigenvalue weighted by Gasteiger charge is -2.20. The van der Waals surface area contributed by atoms with Gasteiger partial charge in [0.2, 0.25) is 5.91 Å². The second kappa shape index (κ2) is 58.6. The second-order valence-electron chi connectivity index (χ2n) is 21.0. The standard InChI is InChI=1S/C63H119NO5/c1-3-5-7-9-11-13-15-17-18-19-20-21-22-23-26-29-32-35-39-43-47-51-55-61(66)60(59-65)64-62(67)56-52-48-44-40-36-33-30-27-24-25-28-31-34-38-42-46-50-54-58-69-63(68)57-53-49-45-41-37-16-14-12-10-8-6-4-2/h12,14,27,30,51,55,60-61,65-66H,3-11,13,15-26,28-29,31-50,52-54,56-59H2,1-2H3,(H,64,67)/b14-12-,30-27-,55-51+. The zero-order valence-electron chi connectivity index (χ0n) is 46.3. The fourth-order valence-corrected chi connectivity index (χ4v) is 9.39. The number of allylic oxidation sites excluding steroid dienone is 5. The van der Waals surface area contributed by atoms with Gasteiger partial charge in [-0.15, -0.1) is 0 Å². The Morgan fingerprint density at radius 3 is 1.06 bits per heavy atom. The van der Waals surface area contributed by atoms with Crippen LogP contribution in [0.5, 0.6) is 0 Å². The number of carbonyl (C=O) groups is 2. The van der Waals surface area contributed by atoms with Gasteiger partial charge in [0, 0.05) is 12.8 Å². The van der Waals surface area contributed by atoms with Gasteiger partial charge in [0.25, 0.3) is 0 Å². The Morgan fingerprint density at radius 2 is 0.681 bits per heavy atom. The number of aliphatic hydroxyl groups excluding tert-OH is 2. The minimum absolute atomic E-state index is 0.00787. The van der Waals surface area contributed by atoms with E-state index in [1.807, 2.05) is 6.08 Å². The van der Waals surface area contributed by atoms with Crippen LogP contribution >= 0.6 is 0 Å². The third-order valence-corrected chi connectivity index (χ3v) is 14.1. The summed E-state index contributed by atoms with van der Waals surface area (Å²) in [6.45, 7) is 4.88. The molecule has 69 heavy (non-hydrogen) atoms. The second-order valence-corrected chi connectivity index (χ2v) is 21.0. The van der Waals surface area contributed by atoms with Crippen molar-refractivity contribution in [3.05, 3.63) is 36.5 Å². The van der Waals surface area contributed by atoms with Crippen LogP contribution in [0.15, 0.2) is 36.5 Å². The van der Waals surface area contributed by atoms with Gasteiger partial charge in [-0.05, 0) is 83.5 Å². The first-order valence-electron chi connectivity index (χ1n) is 30.8. The summed E-state index contributed by atoms with van der Waals surface area (Å²) in [6.07, 6.45) is 73.2. The molecule has 406 valence electrons. The number of aliphatic hydroxyl groups is 2. The van der Waals surface area contributed by atoms with E-state index in [1.165, 1.54) is 238 Å². The average molecular weight is 971 g/mol. The summed E-state index contributed by atoms with van der Waals surface area (Å²) in [4.78, 5) is 24.5. The molecule has 0 heterocycles. The Balaban J connectivity index is 3.49. The van der Waals surface area contributed by atoms with Gasteiger partial charge in [-0.3, -0.25) is 9.59 Å². The third kappa shape index (κ3) is 55.2. The number of ether oxygens (including phenoxy) is 1. The van der Waals surface area contributed by atoms with Crippen molar-refractivity contribution in [2.75, 3.05) is 13.2 Å². The van der Waals surface area contributed by atoms with Crippen LogP contribution in [0.1, 0.15) is 328 Å². The van der Waals surface area contributed by atoms with Crippen molar-refractivity contribution < 1.29 is 24.5 Å². The van der Waals surface area contributed by atoms with Crippen LogP contribution in [-0.4, -0.2) is 47.4 Å². The number of nitrogens with one attached hydrogen (secondary N) is 1. The highest BCUT2D eigenvalue weighted by molar-refractivity contribution is 5.76. The summed E-state index contributed by atoms with van der Waals surface area (Å²) in [7, 11) is 0. The van der Waals surface area contributed by atoms with Crippen LogP contribution in [0.3, 0.4) is 0 Å². The van der Waals surface area contributed by atoms with Crippen molar-refractivity contribution in [3.63, 3.8) is 0 Å². The van der Waals surface area contributed by atoms with Gasteiger partial charge in [0.1, 0.15) is 0 Å². The van der Waals surface area contributed by atoms with Gasteiger partial charge in [0.05, 0.1) is 25.4 Å². The van der Waals surface area contributed by atoms with Gasteiger partial charge in [-0.1, -0.05) is 269 Å². The largest absolute Gasteiger partial charge is 0.466 e. The molecule has 0 aromatic carbocycles. The Morgan fingerprint density at radius 1 is 0.391 bits per heavy atom. The van der Waals surface area contributed by atoms with Gasteiger partial charge in [-0.25, -0.2) is 0 Å². The van der Waals surface area contributed by atoms with Crippen molar-refractivity contribution in [1.29, 1.82) is 0 Å². The molecule has 0 aromatic rings. The fourth-order valence-electron chi connectivity index (χ4n) is 9.39. The maximum absolute atomic E-state index is 12.5. The number of carbonyl (C=O) groups excluding carboxylic acids is 2. The summed E-state index contributed by atoms with van der Waals surface area (Å²) in [6, 6.07) is -0.639. The molecule has 2 unspecified atom stereocenters. The Kier molecular flexibility index (Phi) is 57.0. The lowest BCUT2D eigenvalue weighted by molar-refractivity contribution is -0.143. The molecule has 0 rings (SSSR count). The molecule has 6 nitrogen and oxygen atoms in total. The molecule has 0 aliphatic heterocycles. The minimum atomic E-state index is -0.855. The summed E-state index contributed by atoms with van der Waals surface area (Å²) in [5, 5.41) is 23.2. The maximum atomic E-state index is 12.5. The molecule has 1 amide bonds. The molecule has 6 heteroatoms. The minimum Gasteiger partial charge on any atom is -0.466 e. The highest BCUT2D eigenvalue weighted by Gasteiger charge is 2.18. The van der Waals surface area contributed by atoms with Crippen LogP contribution in [-0.2, 0) is 14.3 Å². The number of unbranched alkanes of at least 4 members (excludes halogenated alkanes) is 42. The van der Waals surface area contributed by atoms with Crippen LogP contribution in [0.4, 0.5) is 0 Å². The van der Waals surface area contributed by atoms with Crippen LogP contribution in [0.2, 0.25) is 0 Å². The van der Waals surface area contributed by atoms with E-state index in [4.69, 9.17) is 4.74 Å². The quantitative estimate of drug-likeness (QED) is 0.0321. The summed E-state index contributed by atoms with van der Waals surface area (Å²) >= 11 is 0. The predicted octanol–water partition coefficient (Wildman–Crippen LogP) is 19.2. The van der Waals surface area contributed by atoms with E-state index < -0.39 is 12.1 Å². The highest BCUT2D eigenvalue weighted by atomic mass is 16.5. The molecule has 3 N–H and O–H groups in total. The van der Waals surface area contributed by atoms with E-state index in [2.05, 4.69) is 43.5 Å². The van der Waals surface area contributed by atoms with Crippen LogP contribution in [0.25, 0.3) is 0 Å². The number of hydrogen-bond donors (Lipinski definition) is 3. The summed E-state index contributed by atoms with van der Waals surface area (Å²) in [5.41, 5.74) is 0. The fraction of sp³-hybridized carbons (Fsp3) is 0.873. The molecular formula is C63H119NO5. The van der Waals surface area contributed by atoms with E-state index in [-0.39, 0.29) is 18.5 Å². The lowest BCUT2D eigenvalue weighted by Crippen LogP contribution is -2.45. The number of amides is 1. The highest BCUT2D eigenvalue weighted by Crippen LogP contribution is 2.17. The third-order valence-electron chi connectivity index (χ3n) is 14.1.